The Morgan fingerprint density at radius 2 is 1.61 bits per heavy atom. The van der Waals surface area contributed by atoms with Crippen LogP contribution >= 0.6 is 0 Å². The summed E-state index contributed by atoms with van der Waals surface area (Å²) in [6.45, 7) is 7.10. The van der Waals surface area contributed by atoms with Crippen LogP contribution in [0.4, 0.5) is 0 Å². The first-order valence-corrected chi connectivity index (χ1v) is 8.00. The highest BCUT2D eigenvalue weighted by Crippen LogP contribution is 2.11. The van der Waals surface area contributed by atoms with Gasteiger partial charge in [-0.05, 0) is 58.3 Å². The molecule has 2 rings (SSSR count). The normalized spacial score (nSPS) is 24.7. The monoisotopic (exact) mass is 254 g/mol. The molecule has 3 heteroatoms. The minimum atomic E-state index is 0.526. The first-order chi connectivity index (χ1) is 8.95. The average molecular weight is 254 g/mol. The molecular formula is C15H30N2O. The number of nitrogens with zero attached hydrogens (tertiary/aromatic N) is 1. The Balaban J connectivity index is 1.50. The van der Waals surface area contributed by atoms with Crippen LogP contribution in [0, 0.1) is 0 Å². The maximum atomic E-state index is 5.96. The van der Waals surface area contributed by atoms with Gasteiger partial charge in [-0.2, -0.15) is 0 Å². The van der Waals surface area contributed by atoms with Gasteiger partial charge in [0.15, 0.2) is 0 Å². The van der Waals surface area contributed by atoms with Crippen molar-refractivity contribution in [2.45, 2.75) is 57.5 Å². The highest BCUT2D eigenvalue weighted by Gasteiger charge is 2.13. The van der Waals surface area contributed by atoms with Gasteiger partial charge in [-0.1, -0.05) is 19.3 Å². The van der Waals surface area contributed by atoms with Crippen LogP contribution in [0.5, 0.6) is 0 Å². The lowest BCUT2D eigenvalue weighted by molar-refractivity contribution is 0.0275. The van der Waals surface area contributed by atoms with Crippen LogP contribution in [-0.4, -0.2) is 50.3 Å². The maximum absolute atomic E-state index is 5.96. The van der Waals surface area contributed by atoms with Gasteiger partial charge in [-0.25, -0.2) is 0 Å². The molecule has 0 amide bonds. The second-order valence-electron chi connectivity index (χ2n) is 5.78. The lowest BCUT2D eigenvalue weighted by Gasteiger charge is -2.26. The molecular weight excluding hydrogens is 224 g/mol. The summed E-state index contributed by atoms with van der Waals surface area (Å²) in [4.78, 5) is 2.64. The molecule has 2 aliphatic rings. The van der Waals surface area contributed by atoms with E-state index in [1.54, 1.807) is 0 Å². The third-order valence-corrected chi connectivity index (χ3v) is 4.21. The van der Waals surface area contributed by atoms with Crippen molar-refractivity contribution < 1.29 is 4.74 Å². The Morgan fingerprint density at radius 3 is 2.33 bits per heavy atom. The molecule has 0 aromatic heterocycles. The molecule has 0 radical (unpaired) electrons. The fourth-order valence-corrected chi connectivity index (χ4v) is 3.04. The van der Waals surface area contributed by atoms with Crippen LogP contribution < -0.4 is 5.32 Å². The van der Waals surface area contributed by atoms with Gasteiger partial charge in [-0.15, -0.1) is 0 Å². The molecule has 0 aliphatic carbocycles. The Hall–Kier alpha value is -0.120. The van der Waals surface area contributed by atoms with Crippen LogP contribution in [0.2, 0.25) is 0 Å². The smallest absolute Gasteiger partial charge is 0.0599 e. The molecule has 2 heterocycles. The van der Waals surface area contributed by atoms with E-state index in [0.29, 0.717) is 6.10 Å². The fourth-order valence-electron chi connectivity index (χ4n) is 3.04. The summed E-state index contributed by atoms with van der Waals surface area (Å²) in [6.07, 6.45) is 11.2. The van der Waals surface area contributed by atoms with Gasteiger partial charge in [0, 0.05) is 13.2 Å². The number of hydrogen-bond acceptors (Lipinski definition) is 3. The fraction of sp³-hybridized carbons (Fsp3) is 1.00. The van der Waals surface area contributed by atoms with E-state index >= 15 is 0 Å². The predicted octanol–water partition coefficient (Wildman–Crippen LogP) is 2.41. The highest BCUT2D eigenvalue weighted by atomic mass is 16.5. The third kappa shape index (κ3) is 5.68. The number of piperidine rings is 1. The van der Waals surface area contributed by atoms with Gasteiger partial charge < -0.3 is 15.0 Å². The molecule has 0 bridgehead atoms. The minimum Gasteiger partial charge on any atom is -0.378 e. The van der Waals surface area contributed by atoms with Crippen molar-refractivity contribution in [2.75, 3.05) is 39.3 Å². The molecule has 0 unspecified atom stereocenters. The van der Waals surface area contributed by atoms with Crippen molar-refractivity contribution in [3.63, 3.8) is 0 Å². The first-order valence-electron chi connectivity index (χ1n) is 8.00. The number of rotatable bonds is 5. The molecule has 0 aromatic rings. The molecule has 2 fully saturated rings. The van der Waals surface area contributed by atoms with Crippen LogP contribution in [0.15, 0.2) is 0 Å². The molecule has 0 atom stereocenters. The van der Waals surface area contributed by atoms with E-state index in [0.717, 1.165) is 19.7 Å². The Bertz CT molecular complexity index is 197. The summed E-state index contributed by atoms with van der Waals surface area (Å²) >= 11 is 0. The SMILES string of the molecule is C1CCCN(CCCOC2CCNCC2)CCC1. The zero-order chi connectivity index (χ0) is 12.5. The molecule has 3 nitrogen and oxygen atoms in total. The maximum Gasteiger partial charge on any atom is 0.0599 e. The van der Waals surface area contributed by atoms with Crippen LogP contribution in [0.25, 0.3) is 0 Å². The van der Waals surface area contributed by atoms with Crippen molar-refractivity contribution >= 4 is 0 Å². The lowest BCUT2D eigenvalue weighted by atomic mass is 10.1. The van der Waals surface area contributed by atoms with Crippen LogP contribution in [0.1, 0.15) is 51.4 Å². The van der Waals surface area contributed by atoms with E-state index in [2.05, 4.69) is 10.2 Å². The number of nitrogens with one attached hydrogen (secondary N) is 1. The van der Waals surface area contributed by atoms with E-state index in [1.807, 2.05) is 0 Å². The van der Waals surface area contributed by atoms with E-state index in [-0.39, 0.29) is 0 Å². The second-order valence-corrected chi connectivity index (χ2v) is 5.78. The second kappa shape index (κ2) is 8.89. The summed E-state index contributed by atoms with van der Waals surface area (Å²) in [5, 5.41) is 3.38. The number of ether oxygens (including phenoxy) is 1. The Labute approximate surface area is 112 Å². The molecule has 1 N–H and O–H groups in total. The number of hydrogen-bond donors (Lipinski definition) is 1. The molecule has 0 spiro atoms. The summed E-state index contributed by atoms with van der Waals surface area (Å²) in [6, 6.07) is 0. The van der Waals surface area contributed by atoms with E-state index in [9.17, 15) is 0 Å². The summed E-state index contributed by atoms with van der Waals surface area (Å²) < 4.78 is 5.96. The lowest BCUT2D eigenvalue weighted by Crippen LogP contribution is -2.33. The number of likely N-dealkylation sites (tertiary alicyclic amines) is 1. The molecule has 18 heavy (non-hydrogen) atoms. The van der Waals surface area contributed by atoms with Crippen molar-refractivity contribution in [3.05, 3.63) is 0 Å². The van der Waals surface area contributed by atoms with Gasteiger partial charge in [-0.3, -0.25) is 0 Å². The summed E-state index contributed by atoms with van der Waals surface area (Å²) in [7, 11) is 0. The van der Waals surface area contributed by atoms with Gasteiger partial charge >= 0.3 is 0 Å². The molecule has 106 valence electrons. The first kappa shape index (κ1) is 14.3. The Morgan fingerprint density at radius 1 is 0.944 bits per heavy atom. The van der Waals surface area contributed by atoms with Gasteiger partial charge in [0.1, 0.15) is 0 Å². The van der Waals surface area contributed by atoms with Gasteiger partial charge in [0.05, 0.1) is 6.10 Å². The predicted molar refractivity (Wildman–Crippen MR) is 76.0 cm³/mol. The Kier molecular flexibility index (Phi) is 7.06. The largest absolute Gasteiger partial charge is 0.378 e. The summed E-state index contributed by atoms with van der Waals surface area (Å²) in [5.74, 6) is 0. The highest BCUT2D eigenvalue weighted by molar-refractivity contribution is 4.68. The van der Waals surface area contributed by atoms with Crippen LogP contribution in [0.3, 0.4) is 0 Å². The van der Waals surface area contributed by atoms with Gasteiger partial charge in [0.25, 0.3) is 0 Å². The van der Waals surface area contributed by atoms with E-state index in [4.69, 9.17) is 4.74 Å². The van der Waals surface area contributed by atoms with Crippen molar-refractivity contribution in [2.24, 2.45) is 0 Å². The molecule has 2 saturated heterocycles. The van der Waals surface area contributed by atoms with Crippen molar-refractivity contribution in [1.82, 2.24) is 10.2 Å². The van der Waals surface area contributed by atoms with E-state index in [1.165, 1.54) is 71.0 Å². The minimum absolute atomic E-state index is 0.526. The standard InChI is InChI=1S/C15H30N2O/c1-2-4-11-17(12-5-3-1)13-6-14-18-15-7-9-16-10-8-15/h15-16H,1-14H2. The van der Waals surface area contributed by atoms with Crippen LogP contribution in [-0.2, 0) is 4.74 Å². The molecule has 0 aromatic carbocycles. The van der Waals surface area contributed by atoms with Crippen molar-refractivity contribution in [1.29, 1.82) is 0 Å². The summed E-state index contributed by atoms with van der Waals surface area (Å²) in [5.41, 5.74) is 0. The third-order valence-electron chi connectivity index (χ3n) is 4.21. The molecule has 0 saturated carbocycles. The van der Waals surface area contributed by atoms with Crippen molar-refractivity contribution in [3.8, 4) is 0 Å². The van der Waals surface area contributed by atoms with E-state index < -0.39 is 0 Å². The zero-order valence-corrected chi connectivity index (χ0v) is 11.8. The average Bonchev–Trinajstić information content (AvgIpc) is 2.38. The van der Waals surface area contributed by atoms with Gasteiger partial charge in [0.2, 0.25) is 0 Å². The molecule has 2 aliphatic heterocycles. The topological polar surface area (TPSA) is 24.5 Å². The zero-order valence-electron chi connectivity index (χ0n) is 11.8. The quantitative estimate of drug-likeness (QED) is 0.763.